The van der Waals surface area contributed by atoms with E-state index in [9.17, 15) is 13.2 Å². The van der Waals surface area contributed by atoms with Gasteiger partial charge >= 0.3 is 0 Å². The number of nitrogens with two attached hydrogens (primary N) is 1. The molecule has 3 N–H and O–H groups in total. The summed E-state index contributed by atoms with van der Waals surface area (Å²) in [5, 5.41) is 0.334. The van der Waals surface area contributed by atoms with Gasteiger partial charge in [-0.3, -0.25) is 11.3 Å². The zero-order valence-corrected chi connectivity index (χ0v) is 11.8. The molecule has 1 unspecified atom stereocenters. The number of alkyl halides is 2. The van der Waals surface area contributed by atoms with Gasteiger partial charge in [0.15, 0.2) is 0 Å². The van der Waals surface area contributed by atoms with Gasteiger partial charge in [0, 0.05) is 23.9 Å². The minimum atomic E-state index is -2.57. The minimum Gasteiger partial charge on any atom is -0.271 e. The van der Waals surface area contributed by atoms with Gasteiger partial charge in [0.2, 0.25) is 5.92 Å². The van der Waals surface area contributed by atoms with Crippen LogP contribution >= 0.6 is 11.6 Å². The van der Waals surface area contributed by atoms with Gasteiger partial charge in [0.05, 0.1) is 0 Å². The van der Waals surface area contributed by atoms with Crippen LogP contribution in [0.25, 0.3) is 0 Å². The van der Waals surface area contributed by atoms with Gasteiger partial charge in [0.25, 0.3) is 0 Å². The lowest BCUT2D eigenvalue weighted by Crippen LogP contribution is -2.45. The van der Waals surface area contributed by atoms with E-state index in [0.29, 0.717) is 29.8 Å². The van der Waals surface area contributed by atoms with Crippen molar-refractivity contribution >= 4 is 11.6 Å². The first-order chi connectivity index (χ1) is 9.41. The molecule has 0 aliphatic heterocycles. The Hall–Kier alpha value is -0.780. The summed E-state index contributed by atoms with van der Waals surface area (Å²) < 4.78 is 40.1. The van der Waals surface area contributed by atoms with E-state index in [4.69, 9.17) is 17.4 Å². The summed E-state index contributed by atoms with van der Waals surface area (Å²) in [5.41, 5.74) is 3.14. The summed E-state index contributed by atoms with van der Waals surface area (Å²) in [5.74, 6) is 2.59. The molecule has 6 heteroatoms. The lowest BCUT2D eigenvalue weighted by atomic mass is 9.80. The summed E-state index contributed by atoms with van der Waals surface area (Å²) >= 11 is 5.70. The summed E-state index contributed by atoms with van der Waals surface area (Å²) in [6, 6.07) is 4.27. The second-order valence-electron chi connectivity index (χ2n) is 5.41. The Morgan fingerprint density at radius 3 is 2.55 bits per heavy atom. The van der Waals surface area contributed by atoms with Gasteiger partial charge < -0.3 is 0 Å². The first-order valence-corrected chi connectivity index (χ1v) is 7.07. The van der Waals surface area contributed by atoms with Crippen molar-refractivity contribution in [3.8, 4) is 0 Å². The van der Waals surface area contributed by atoms with Crippen molar-refractivity contribution in [1.29, 1.82) is 0 Å². The van der Waals surface area contributed by atoms with Gasteiger partial charge in [-0.05, 0) is 42.9 Å². The van der Waals surface area contributed by atoms with Gasteiger partial charge in [-0.15, -0.1) is 0 Å². The highest BCUT2D eigenvalue weighted by Gasteiger charge is 2.37. The van der Waals surface area contributed by atoms with Crippen LogP contribution in [0.2, 0.25) is 5.02 Å². The quantitative estimate of drug-likeness (QED) is 0.658. The summed E-state index contributed by atoms with van der Waals surface area (Å²) in [4.78, 5) is 0. The third kappa shape index (κ3) is 3.87. The van der Waals surface area contributed by atoms with Crippen LogP contribution in [0.15, 0.2) is 18.2 Å². The Kier molecular flexibility index (Phi) is 4.94. The molecule has 0 radical (unpaired) electrons. The lowest BCUT2D eigenvalue weighted by Gasteiger charge is -2.33. The van der Waals surface area contributed by atoms with Crippen LogP contribution in [0.1, 0.15) is 31.2 Å². The molecule has 1 aliphatic carbocycles. The molecule has 0 bridgehead atoms. The molecular formula is C14H18ClF3N2. The van der Waals surface area contributed by atoms with Crippen molar-refractivity contribution in [3.63, 3.8) is 0 Å². The molecule has 2 nitrogen and oxygen atoms in total. The Balaban J connectivity index is 2.02. The van der Waals surface area contributed by atoms with Crippen molar-refractivity contribution < 1.29 is 13.2 Å². The predicted molar refractivity (Wildman–Crippen MR) is 73.1 cm³/mol. The first kappa shape index (κ1) is 15.6. The maximum absolute atomic E-state index is 13.8. The second kappa shape index (κ2) is 6.33. The standard InChI is InChI=1S/C14H18ClF3N2/c15-11-2-1-10(12(16)8-11)7-13(20-19)9-3-5-14(17,18)6-4-9/h1-2,8-9,13,20H,3-7,19H2. The second-order valence-corrected chi connectivity index (χ2v) is 5.84. The molecule has 0 heterocycles. The van der Waals surface area contributed by atoms with E-state index in [0.717, 1.165) is 0 Å². The molecule has 1 atom stereocenters. The summed E-state index contributed by atoms with van der Waals surface area (Å²) in [6.07, 6.45) is 0.918. The molecule has 0 aromatic heterocycles. The Morgan fingerprint density at radius 1 is 1.35 bits per heavy atom. The molecule has 0 spiro atoms. The smallest absolute Gasteiger partial charge is 0.248 e. The van der Waals surface area contributed by atoms with Crippen molar-refractivity contribution in [2.45, 2.75) is 44.1 Å². The maximum atomic E-state index is 13.8. The summed E-state index contributed by atoms with van der Waals surface area (Å²) in [7, 11) is 0. The zero-order valence-electron chi connectivity index (χ0n) is 11.0. The van der Waals surface area contributed by atoms with E-state index < -0.39 is 5.92 Å². The van der Waals surface area contributed by atoms with E-state index >= 15 is 0 Å². The fraction of sp³-hybridized carbons (Fsp3) is 0.571. The minimum absolute atomic E-state index is 0.0368. The molecule has 1 saturated carbocycles. The van der Waals surface area contributed by atoms with Crippen LogP contribution < -0.4 is 11.3 Å². The van der Waals surface area contributed by atoms with E-state index in [1.165, 1.54) is 6.07 Å². The van der Waals surface area contributed by atoms with Crippen LogP contribution in [0.3, 0.4) is 0 Å². The topological polar surface area (TPSA) is 38.0 Å². The highest BCUT2D eigenvalue weighted by atomic mass is 35.5. The molecule has 1 fully saturated rings. The normalized spacial score (nSPS) is 20.9. The molecule has 1 aliphatic rings. The molecule has 0 amide bonds. The fourth-order valence-electron chi connectivity index (χ4n) is 2.75. The van der Waals surface area contributed by atoms with Gasteiger partial charge in [-0.2, -0.15) is 0 Å². The molecule has 112 valence electrons. The lowest BCUT2D eigenvalue weighted by molar-refractivity contribution is -0.0495. The third-order valence-electron chi connectivity index (χ3n) is 4.00. The molecular weight excluding hydrogens is 289 g/mol. The Labute approximate surface area is 121 Å². The number of benzene rings is 1. The van der Waals surface area contributed by atoms with Crippen molar-refractivity contribution in [2.75, 3.05) is 0 Å². The van der Waals surface area contributed by atoms with Crippen LogP contribution in [0, 0.1) is 11.7 Å². The van der Waals surface area contributed by atoms with E-state index in [2.05, 4.69) is 5.43 Å². The van der Waals surface area contributed by atoms with E-state index in [1.54, 1.807) is 12.1 Å². The maximum Gasteiger partial charge on any atom is 0.248 e. The number of hydrazine groups is 1. The zero-order chi connectivity index (χ0) is 14.8. The van der Waals surface area contributed by atoms with Crippen molar-refractivity contribution in [3.05, 3.63) is 34.6 Å². The average Bonchev–Trinajstić information content (AvgIpc) is 2.39. The molecule has 1 aromatic carbocycles. The van der Waals surface area contributed by atoms with E-state index in [1.807, 2.05) is 0 Å². The van der Waals surface area contributed by atoms with Gasteiger partial charge in [-0.25, -0.2) is 13.2 Å². The first-order valence-electron chi connectivity index (χ1n) is 6.69. The average molecular weight is 307 g/mol. The molecule has 0 saturated heterocycles. The van der Waals surface area contributed by atoms with Crippen LogP contribution in [-0.2, 0) is 6.42 Å². The molecule has 20 heavy (non-hydrogen) atoms. The van der Waals surface area contributed by atoms with Gasteiger partial charge in [0.1, 0.15) is 5.82 Å². The summed E-state index contributed by atoms with van der Waals surface area (Å²) in [6.45, 7) is 0. The third-order valence-corrected chi connectivity index (χ3v) is 4.23. The number of hydrogen-bond acceptors (Lipinski definition) is 2. The number of halogens is 4. The molecule has 1 aromatic rings. The number of hydrogen-bond donors (Lipinski definition) is 2. The number of nitrogens with one attached hydrogen (secondary N) is 1. The van der Waals surface area contributed by atoms with Crippen LogP contribution in [-0.4, -0.2) is 12.0 Å². The van der Waals surface area contributed by atoms with Crippen molar-refractivity contribution in [1.82, 2.24) is 5.43 Å². The monoisotopic (exact) mass is 306 g/mol. The van der Waals surface area contributed by atoms with E-state index in [-0.39, 0.29) is 30.6 Å². The van der Waals surface area contributed by atoms with Crippen molar-refractivity contribution in [2.24, 2.45) is 11.8 Å². The van der Waals surface area contributed by atoms with Crippen LogP contribution in [0.5, 0.6) is 0 Å². The highest BCUT2D eigenvalue weighted by molar-refractivity contribution is 6.30. The van der Waals surface area contributed by atoms with Gasteiger partial charge in [-0.1, -0.05) is 17.7 Å². The number of rotatable bonds is 4. The largest absolute Gasteiger partial charge is 0.271 e. The Bertz CT molecular complexity index is 458. The van der Waals surface area contributed by atoms with Crippen LogP contribution in [0.4, 0.5) is 13.2 Å². The SMILES string of the molecule is NNC(Cc1ccc(Cl)cc1F)C1CCC(F)(F)CC1. The molecule has 2 rings (SSSR count). The fourth-order valence-corrected chi connectivity index (χ4v) is 2.91. The Morgan fingerprint density at radius 2 is 2.00 bits per heavy atom. The highest BCUT2D eigenvalue weighted by Crippen LogP contribution is 2.38. The predicted octanol–water partition coefficient (Wildman–Crippen LogP) is 3.68.